The number of nitrogens with two attached hydrogens (primary N) is 1. The predicted molar refractivity (Wildman–Crippen MR) is 81.4 cm³/mol. The predicted octanol–water partition coefficient (Wildman–Crippen LogP) is 3.05. The Hall–Kier alpha value is -2.70. The number of nitrogens with one attached hydrogen (secondary N) is 1. The first-order chi connectivity index (χ1) is 10.1. The molecule has 21 heavy (non-hydrogen) atoms. The average molecular weight is 287 g/mol. The second kappa shape index (κ2) is 6.65. The number of nitro groups is 1. The Morgan fingerprint density at radius 1 is 1.29 bits per heavy atom. The summed E-state index contributed by atoms with van der Waals surface area (Å²) in [5.41, 5.74) is 7.16. The SMILES string of the molecule is CCCCc1ccc(Nc2ncnc(N)c2[N+](=O)[O-])cc1. The van der Waals surface area contributed by atoms with E-state index in [-0.39, 0.29) is 17.3 Å². The van der Waals surface area contributed by atoms with Gasteiger partial charge in [-0.3, -0.25) is 10.1 Å². The van der Waals surface area contributed by atoms with Crippen molar-refractivity contribution in [1.29, 1.82) is 0 Å². The van der Waals surface area contributed by atoms with Gasteiger partial charge in [0.15, 0.2) is 0 Å². The molecule has 0 atom stereocenters. The Morgan fingerprint density at radius 3 is 2.62 bits per heavy atom. The molecule has 2 aromatic rings. The van der Waals surface area contributed by atoms with Crippen molar-refractivity contribution in [3.05, 3.63) is 46.3 Å². The second-order valence-electron chi connectivity index (χ2n) is 4.64. The van der Waals surface area contributed by atoms with Gasteiger partial charge in [0, 0.05) is 5.69 Å². The highest BCUT2D eigenvalue weighted by Crippen LogP contribution is 2.29. The standard InChI is InChI=1S/C14H17N5O2/c1-2-3-4-10-5-7-11(8-6-10)18-14-12(19(20)21)13(15)16-9-17-14/h5-9H,2-4H2,1H3,(H3,15,16,17,18). The fourth-order valence-corrected chi connectivity index (χ4v) is 1.94. The monoisotopic (exact) mass is 287 g/mol. The van der Waals surface area contributed by atoms with Crippen LogP contribution >= 0.6 is 0 Å². The van der Waals surface area contributed by atoms with Gasteiger partial charge < -0.3 is 11.1 Å². The molecule has 0 spiro atoms. The van der Waals surface area contributed by atoms with Gasteiger partial charge in [-0.2, -0.15) is 0 Å². The first-order valence-electron chi connectivity index (χ1n) is 6.72. The first-order valence-corrected chi connectivity index (χ1v) is 6.72. The number of benzene rings is 1. The fraction of sp³-hybridized carbons (Fsp3) is 0.286. The molecule has 0 radical (unpaired) electrons. The van der Waals surface area contributed by atoms with E-state index in [1.165, 1.54) is 11.9 Å². The summed E-state index contributed by atoms with van der Waals surface area (Å²) < 4.78 is 0. The second-order valence-corrected chi connectivity index (χ2v) is 4.64. The van der Waals surface area contributed by atoms with Crippen molar-refractivity contribution in [3.63, 3.8) is 0 Å². The number of unbranched alkanes of at least 4 members (excludes halogenated alkanes) is 1. The van der Waals surface area contributed by atoms with Gasteiger partial charge >= 0.3 is 5.69 Å². The molecule has 3 N–H and O–H groups in total. The molecule has 2 rings (SSSR count). The van der Waals surface area contributed by atoms with E-state index in [2.05, 4.69) is 22.2 Å². The van der Waals surface area contributed by atoms with Gasteiger partial charge in [-0.15, -0.1) is 0 Å². The van der Waals surface area contributed by atoms with E-state index in [0.29, 0.717) is 0 Å². The van der Waals surface area contributed by atoms with Crippen LogP contribution in [0.5, 0.6) is 0 Å². The molecule has 0 unspecified atom stereocenters. The van der Waals surface area contributed by atoms with Gasteiger partial charge in [-0.05, 0) is 30.5 Å². The van der Waals surface area contributed by atoms with Crippen molar-refractivity contribution in [3.8, 4) is 0 Å². The van der Waals surface area contributed by atoms with E-state index in [0.717, 1.165) is 24.9 Å². The zero-order chi connectivity index (χ0) is 15.2. The number of anilines is 3. The summed E-state index contributed by atoms with van der Waals surface area (Å²) in [5.74, 6) is -0.0640. The summed E-state index contributed by atoms with van der Waals surface area (Å²) >= 11 is 0. The van der Waals surface area contributed by atoms with Gasteiger partial charge in [0.05, 0.1) is 4.92 Å². The van der Waals surface area contributed by atoms with Crippen molar-refractivity contribution in [2.24, 2.45) is 0 Å². The largest absolute Gasteiger partial charge is 0.378 e. The molecule has 0 fully saturated rings. The van der Waals surface area contributed by atoms with E-state index >= 15 is 0 Å². The molecule has 1 aromatic heterocycles. The minimum absolute atomic E-state index is 0.0915. The molecule has 0 amide bonds. The Bertz CT molecular complexity index is 628. The van der Waals surface area contributed by atoms with Crippen LogP contribution in [-0.2, 0) is 6.42 Å². The van der Waals surface area contributed by atoms with Crippen LogP contribution in [0, 0.1) is 10.1 Å². The highest BCUT2D eigenvalue weighted by molar-refractivity contribution is 5.72. The summed E-state index contributed by atoms with van der Waals surface area (Å²) in [6, 6.07) is 7.72. The van der Waals surface area contributed by atoms with Crippen LogP contribution in [0.3, 0.4) is 0 Å². The number of nitrogen functional groups attached to an aromatic ring is 1. The highest BCUT2D eigenvalue weighted by Gasteiger charge is 2.20. The summed E-state index contributed by atoms with van der Waals surface area (Å²) in [6.45, 7) is 2.15. The molecule has 0 aliphatic rings. The van der Waals surface area contributed by atoms with E-state index in [1.54, 1.807) is 0 Å². The van der Waals surface area contributed by atoms with Crippen LogP contribution in [0.2, 0.25) is 0 Å². The molecule has 1 aromatic carbocycles. The molecule has 0 bridgehead atoms. The molecule has 0 aliphatic heterocycles. The maximum Gasteiger partial charge on any atom is 0.353 e. The number of nitrogens with zero attached hydrogens (tertiary/aromatic N) is 3. The van der Waals surface area contributed by atoms with Gasteiger partial charge in [-0.1, -0.05) is 25.5 Å². The quantitative estimate of drug-likeness (QED) is 0.624. The normalized spacial score (nSPS) is 10.3. The lowest BCUT2D eigenvalue weighted by atomic mass is 10.1. The summed E-state index contributed by atoms with van der Waals surface area (Å²) in [6.07, 6.45) is 4.50. The molecule has 7 nitrogen and oxygen atoms in total. The molecular formula is C14H17N5O2. The maximum absolute atomic E-state index is 11.0. The third kappa shape index (κ3) is 3.65. The number of aromatic nitrogens is 2. The number of rotatable bonds is 6. The van der Waals surface area contributed by atoms with Gasteiger partial charge in [-0.25, -0.2) is 9.97 Å². The van der Waals surface area contributed by atoms with Gasteiger partial charge in [0.2, 0.25) is 11.6 Å². The number of hydrogen-bond acceptors (Lipinski definition) is 6. The van der Waals surface area contributed by atoms with Crippen LogP contribution in [-0.4, -0.2) is 14.9 Å². The minimum atomic E-state index is -0.590. The Labute approximate surface area is 122 Å². The van der Waals surface area contributed by atoms with Crippen LogP contribution in [0.25, 0.3) is 0 Å². The Kier molecular flexibility index (Phi) is 4.65. The topological polar surface area (TPSA) is 107 Å². The van der Waals surface area contributed by atoms with Crippen molar-refractivity contribution in [1.82, 2.24) is 9.97 Å². The van der Waals surface area contributed by atoms with E-state index in [9.17, 15) is 10.1 Å². The van der Waals surface area contributed by atoms with Crippen LogP contribution in [0.1, 0.15) is 25.3 Å². The lowest BCUT2D eigenvalue weighted by molar-refractivity contribution is -0.383. The van der Waals surface area contributed by atoms with Crippen LogP contribution in [0.4, 0.5) is 23.0 Å². The number of aryl methyl sites for hydroxylation is 1. The lowest BCUT2D eigenvalue weighted by Crippen LogP contribution is -2.05. The van der Waals surface area contributed by atoms with Crippen molar-refractivity contribution in [2.45, 2.75) is 26.2 Å². The first kappa shape index (κ1) is 14.7. The van der Waals surface area contributed by atoms with Crippen molar-refractivity contribution >= 4 is 23.0 Å². The zero-order valence-corrected chi connectivity index (χ0v) is 11.7. The third-order valence-corrected chi connectivity index (χ3v) is 3.07. The van der Waals surface area contributed by atoms with Gasteiger partial charge in [0.1, 0.15) is 6.33 Å². The van der Waals surface area contributed by atoms with E-state index in [4.69, 9.17) is 5.73 Å². The maximum atomic E-state index is 11.0. The summed E-state index contributed by atoms with van der Waals surface area (Å²) in [4.78, 5) is 17.9. The van der Waals surface area contributed by atoms with Crippen molar-refractivity contribution < 1.29 is 4.92 Å². The molecule has 110 valence electrons. The van der Waals surface area contributed by atoms with E-state index < -0.39 is 4.92 Å². The lowest BCUT2D eigenvalue weighted by Gasteiger charge is -2.07. The summed E-state index contributed by atoms with van der Waals surface area (Å²) in [5, 5.41) is 13.9. The fourth-order valence-electron chi connectivity index (χ4n) is 1.94. The molecule has 0 saturated heterocycles. The summed E-state index contributed by atoms with van der Waals surface area (Å²) in [7, 11) is 0. The molecule has 1 heterocycles. The minimum Gasteiger partial charge on any atom is -0.378 e. The third-order valence-electron chi connectivity index (χ3n) is 3.07. The smallest absolute Gasteiger partial charge is 0.353 e. The number of hydrogen-bond donors (Lipinski definition) is 2. The Morgan fingerprint density at radius 2 is 2.00 bits per heavy atom. The zero-order valence-electron chi connectivity index (χ0n) is 11.7. The average Bonchev–Trinajstić information content (AvgIpc) is 2.46. The molecular weight excluding hydrogens is 270 g/mol. The Balaban J connectivity index is 2.19. The molecule has 0 aliphatic carbocycles. The molecule has 0 saturated carbocycles. The van der Waals surface area contributed by atoms with Crippen LogP contribution in [0.15, 0.2) is 30.6 Å². The van der Waals surface area contributed by atoms with Gasteiger partial charge in [0.25, 0.3) is 0 Å². The van der Waals surface area contributed by atoms with Crippen LogP contribution < -0.4 is 11.1 Å². The van der Waals surface area contributed by atoms with E-state index in [1.807, 2.05) is 24.3 Å². The molecule has 7 heteroatoms. The highest BCUT2D eigenvalue weighted by atomic mass is 16.6. The van der Waals surface area contributed by atoms with Crippen molar-refractivity contribution in [2.75, 3.05) is 11.1 Å².